The summed E-state index contributed by atoms with van der Waals surface area (Å²) in [6.45, 7) is 6.79. The van der Waals surface area contributed by atoms with Gasteiger partial charge in [-0.15, -0.1) is 0 Å². The molecule has 0 radical (unpaired) electrons. The van der Waals surface area contributed by atoms with Gasteiger partial charge in [0.1, 0.15) is 11.4 Å². The zero-order chi connectivity index (χ0) is 14.6. The largest absolute Gasteiger partial charge is 0.444 e. The van der Waals surface area contributed by atoms with Crippen molar-refractivity contribution in [2.75, 3.05) is 13.1 Å². The summed E-state index contributed by atoms with van der Waals surface area (Å²) in [4.78, 5) is 13.6. The molecule has 0 saturated carbocycles. The van der Waals surface area contributed by atoms with Crippen LogP contribution in [0.25, 0.3) is 0 Å². The SMILES string of the molecule is CC(C)(C)OC(=O)N1CCC(/C(N)=C/C(=N)N)CC1. The third kappa shape index (κ3) is 5.19. The molecule has 1 amide bonds. The number of rotatable bonds is 2. The van der Waals surface area contributed by atoms with E-state index >= 15 is 0 Å². The van der Waals surface area contributed by atoms with Gasteiger partial charge in [0.15, 0.2) is 0 Å². The maximum Gasteiger partial charge on any atom is 0.410 e. The number of carbonyl (C=O) groups is 1. The van der Waals surface area contributed by atoms with E-state index in [1.165, 1.54) is 6.08 Å². The highest BCUT2D eigenvalue weighted by atomic mass is 16.6. The summed E-state index contributed by atoms with van der Waals surface area (Å²) in [6.07, 6.45) is 2.75. The van der Waals surface area contributed by atoms with E-state index in [0.717, 1.165) is 12.8 Å². The molecule has 0 aromatic heterocycles. The van der Waals surface area contributed by atoms with Crippen LogP contribution in [-0.2, 0) is 4.74 Å². The van der Waals surface area contributed by atoms with Crippen LogP contribution in [0.4, 0.5) is 4.79 Å². The second-order valence-electron chi connectivity index (χ2n) is 5.84. The van der Waals surface area contributed by atoms with E-state index in [4.69, 9.17) is 21.6 Å². The number of ether oxygens (including phenoxy) is 1. The molecule has 0 aromatic carbocycles. The first-order valence-corrected chi connectivity index (χ1v) is 6.48. The Morgan fingerprint density at radius 1 is 1.32 bits per heavy atom. The standard InChI is InChI=1S/C13H24N4O2/c1-13(2,3)19-12(18)17-6-4-9(5-7-17)10(14)8-11(15)16/h8-9H,4-7,14H2,1-3H3,(H3,15,16)/b10-8-. The highest BCUT2D eigenvalue weighted by molar-refractivity contribution is 5.89. The quantitative estimate of drug-likeness (QED) is 0.520. The Labute approximate surface area is 114 Å². The molecule has 1 saturated heterocycles. The van der Waals surface area contributed by atoms with Crippen LogP contribution >= 0.6 is 0 Å². The first-order chi connectivity index (χ1) is 8.69. The Hall–Kier alpha value is -1.72. The maximum atomic E-state index is 11.9. The van der Waals surface area contributed by atoms with Gasteiger partial charge in [0.2, 0.25) is 0 Å². The number of nitrogens with zero attached hydrogens (tertiary/aromatic N) is 1. The summed E-state index contributed by atoms with van der Waals surface area (Å²) >= 11 is 0. The van der Waals surface area contributed by atoms with Crippen LogP contribution in [0.5, 0.6) is 0 Å². The molecule has 0 unspecified atom stereocenters. The lowest BCUT2D eigenvalue weighted by Gasteiger charge is -2.33. The number of piperidine rings is 1. The Morgan fingerprint density at radius 2 is 1.84 bits per heavy atom. The topological polar surface area (TPSA) is 105 Å². The number of hydrogen-bond donors (Lipinski definition) is 3. The number of likely N-dealkylation sites (tertiary alicyclic amines) is 1. The molecule has 0 aliphatic carbocycles. The van der Waals surface area contributed by atoms with Gasteiger partial charge in [-0.1, -0.05) is 0 Å². The predicted molar refractivity (Wildman–Crippen MR) is 74.7 cm³/mol. The van der Waals surface area contributed by atoms with Gasteiger partial charge in [0.05, 0.1) is 0 Å². The fraction of sp³-hybridized carbons (Fsp3) is 0.692. The Kier molecular flexibility index (Phi) is 4.80. The summed E-state index contributed by atoms with van der Waals surface area (Å²) < 4.78 is 5.32. The summed E-state index contributed by atoms with van der Waals surface area (Å²) in [5.41, 5.74) is 11.3. The number of carbonyl (C=O) groups excluding carboxylic acids is 1. The first-order valence-electron chi connectivity index (χ1n) is 6.48. The van der Waals surface area contributed by atoms with Crippen LogP contribution in [0, 0.1) is 11.3 Å². The lowest BCUT2D eigenvalue weighted by Crippen LogP contribution is -2.42. The Balaban J connectivity index is 2.49. The van der Waals surface area contributed by atoms with Gasteiger partial charge in [0, 0.05) is 24.7 Å². The lowest BCUT2D eigenvalue weighted by atomic mass is 9.93. The van der Waals surface area contributed by atoms with E-state index in [-0.39, 0.29) is 17.8 Å². The van der Waals surface area contributed by atoms with E-state index in [9.17, 15) is 4.79 Å². The molecular formula is C13H24N4O2. The first kappa shape index (κ1) is 15.3. The van der Waals surface area contributed by atoms with Gasteiger partial charge in [-0.2, -0.15) is 0 Å². The fourth-order valence-electron chi connectivity index (χ4n) is 2.02. The van der Waals surface area contributed by atoms with Gasteiger partial charge in [-0.3, -0.25) is 5.41 Å². The molecule has 0 atom stereocenters. The third-order valence-corrected chi connectivity index (χ3v) is 2.94. The minimum atomic E-state index is -0.471. The molecule has 108 valence electrons. The van der Waals surface area contributed by atoms with Crippen molar-refractivity contribution in [3.8, 4) is 0 Å². The lowest BCUT2D eigenvalue weighted by molar-refractivity contribution is 0.0194. The molecule has 0 aromatic rings. The second-order valence-corrected chi connectivity index (χ2v) is 5.84. The van der Waals surface area contributed by atoms with E-state index in [1.807, 2.05) is 20.8 Å². The summed E-state index contributed by atoms with van der Waals surface area (Å²) in [7, 11) is 0. The third-order valence-electron chi connectivity index (χ3n) is 2.94. The number of amides is 1. The monoisotopic (exact) mass is 268 g/mol. The molecule has 1 aliphatic rings. The van der Waals surface area contributed by atoms with Crippen molar-refractivity contribution in [1.29, 1.82) is 5.41 Å². The zero-order valence-corrected chi connectivity index (χ0v) is 11.9. The van der Waals surface area contributed by atoms with Crippen LogP contribution in [0.1, 0.15) is 33.6 Å². The number of nitrogens with two attached hydrogens (primary N) is 2. The maximum absolute atomic E-state index is 11.9. The minimum absolute atomic E-state index is 0.0351. The molecule has 1 aliphatic heterocycles. The van der Waals surface area contributed by atoms with Crippen molar-refractivity contribution in [3.63, 3.8) is 0 Å². The van der Waals surface area contributed by atoms with Crippen LogP contribution in [-0.4, -0.2) is 35.5 Å². The molecule has 1 rings (SSSR count). The number of hydrogen-bond acceptors (Lipinski definition) is 4. The van der Waals surface area contributed by atoms with Gasteiger partial charge in [-0.25, -0.2) is 4.79 Å². The Morgan fingerprint density at radius 3 is 2.26 bits per heavy atom. The van der Waals surface area contributed by atoms with Crippen molar-refractivity contribution in [2.24, 2.45) is 17.4 Å². The predicted octanol–water partition coefficient (Wildman–Crippen LogP) is 1.41. The van der Waals surface area contributed by atoms with Crippen molar-refractivity contribution in [3.05, 3.63) is 11.8 Å². The molecular weight excluding hydrogens is 244 g/mol. The Bertz CT molecular complexity index is 377. The number of allylic oxidation sites excluding steroid dienone is 1. The van der Waals surface area contributed by atoms with Crippen molar-refractivity contribution in [1.82, 2.24) is 4.90 Å². The summed E-state index contributed by atoms with van der Waals surface area (Å²) in [6, 6.07) is 0. The van der Waals surface area contributed by atoms with Crippen LogP contribution in [0.15, 0.2) is 11.8 Å². The molecule has 6 nitrogen and oxygen atoms in total. The zero-order valence-electron chi connectivity index (χ0n) is 11.9. The van der Waals surface area contributed by atoms with E-state index in [0.29, 0.717) is 18.8 Å². The van der Waals surface area contributed by atoms with Crippen LogP contribution in [0.2, 0.25) is 0 Å². The highest BCUT2D eigenvalue weighted by Crippen LogP contribution is 2.23. The molecule has 0 bridgehead atoms. The highest BCUT2D eigenvalue weighted by Gasteiger charge is 2.27. The summed E-state index contributed by atoms with van der Waals surface area (Å²) in [5, 5.41) is 7.19. The van der Waals surface area contributed by atoms with Crippen LogP contribution < -0.4 is 11.5 Å². The van der Waals surface area contributed by atoms with Crippen molar-refractivity contribution in [2.45, 2.75) is 39.2 Å². The molecule has 0 spiro atoms. The van der Waals surface area contributed by atoms with Gasteiger partial charge >= 0.3 is 6.09 Å². The smallest absolute Gasteiger partial charge is 0.410 e. The average molecular weight is 268 g/mol. The fourth-order valence-corrected chi connectivity index (χ4v) is 2.02. The molecule has 19 heavy (non-hydrogen) atoms. The van der Waals surface area contributed by atoms with Crippen molar-refractivity contribution >= 4 is 11.9 Å². The molecule has 1 fully saturated rings. The second kappa shape index (κ2) is 5.95. The number of amidine groups is 1. The van der Waals surface area contributed by atoms with E-state index < -0.39 is 5.60 Å². The average Bonchev–Trinajstić information content (AvgIpc) is 2.26. The minimum Gasteiger partial charge on any atom is -0.444 e. The number of nitrogens with one attached hydrogen (secondary N) is 1. The molecule has 6 heteroatoms. The normalized spacial score (nSPS) is 18.3. The van der Waals surface area contributed by atoms with E-state index in [2.05, 4.69) is 0 Å². The van der Waals surface area contributed by atoms with Gasteiger partial charge < -0.3 is 21.1 Å². The summed E-state index contributed by atoms with van der Waals surface area (Å²) in [5.74, 6) is 0.148. The van der Waals surface area contributed by atoms with Crippen LogP contribution in [0.3, 0.4) is 0 Å². The molecule has 5 N–H and O–H groups in total. The van der Waals surface area contributed by atoms with Gasteiger partial charge in [0.25, 0.3) is 0 Å². The molecule has 1 heterocycles. The van der Waals surface area contributed by atoms with Crippen molar-refractivity contribution < 1.29 is 9.53 Å². The van der Waals surface area contributed by atoms with Gasteiger partial charge in [-0.05, 0) is 39.7 Å². The van der Waals surface area contributed by atoms with E-state index in [1.54, 1.807) is 4.90 Å².